The fourth-order valence-electron chi connectivity index (χ4n) is 1.38. The average Bonchev–Trinajstić information content (AvgIpc) is 2.94. The van der Waals surface area contributed by atoms with Crippen molar-refractivity contribution in [3.05, 3.63) is 27.7 Å². The Bertz CT molecular complexity index is 500. The number of nitrogens with one attached hydrogen (secondary N) is 1. The fraction of sp³-hybridized carbons (Fsp3) is 0.400. The normalized spacial score (nSPS) is 16.1. The Morgan fingerprint density at radius 2 is 2.12 bits per heavy atom. The van der Waals surface area contributed by atoms with Gasteiger partial charge in [-0.2, -0.15) is 0 Å². The maximum atomic E-state index is 11.7. The summed E-state index contributed by atoms with van der Waals surface area (Å²) in [6.45, 7) is 0. The molecule has 1 fully saturated rings. The topological polar surface area (TPSA) is 46.2 Å². The van der Waals surface area contributed by atoms with Gasteiger partial charge in [0.1, 0.15) is 0 Å². The molecule has 1 aliphatic rings. The molecule has 0 saturated heterocycles. The molecule has 3 nitrogen and oxygen atoms in total. The molecule has 0 unspecified atom stereocenters. The Labute approximate surface area is 108 Å². The number of anilines is 1. The summed E-state index contributed by atoms with van der Waals surface area (Å²) in [6, 6.07) is 5.08. The molecule has 6 heteroatoms. The monoisotopic (exact) mass is 323 g/mol. The lowest BCUT2D eigenvalue weighted by Crippen LogP contribution is -2.18. The van der Waals surface area contributed by atoms with E-state index >= 15 is 0 Å². The van der Waals surface area contributed by atoms with Crippen LogP contribution in [0.4, 0.5) is 5.69 Å². The summed E-state index contributed by atoms with van der Waals surface area (Å²) < 4.78 is 26.8. The molecule has 0 atom stereocenters. The largest absolute Gasteiger partial charge is 0.282 e. The van der Waals surface area contributed by atoms with Gasteiger partial charge in [0.05, 0.1) is 16.5 Å². The Morgan fingerprint density at radius 3 is 2.75 bits per heavy atom. The van der Waals surface area contributed by atoms with Gasteiger partial charge in [-0.15, -0.1) is 0 Å². The molecule has 2 rings (SSSR count). The zero-order valence-electron chi connectivity index (χ0n) is 8.41. The first-order valence-corrected chi connectivity index (χ1v) is 7.74. The van der Waals surface area contributed by atoms with Crippen molar-refractivity contribution in [3.63, 3.8) is 0 Å². The van der Waals surface area contributed by atoms with Gasteiger partial charge in [0.25, 0.3) is 0 Å². The highest BCUT2D eigenvalue weighted by Gasteiger charge is 2.28. The van der Waals surface area contributed by atoms with Crippen molar-refractivity contribution in [3.8, 4) is 0 Å². The fourth-order valence-corrected chi connectivity index (χ4v) is 3.50. The summed E-state index contributed by atoms with van der Waals surface area (Å²) in [4.78, 5) is 0. The maximum Gasteiger partial charge on any atom is 0.233 e. The molecule has 0 aromatic heterocycles. The number of hydrogen-bond acceptors (Lipinski definition) is 2. The molecular weight excluding hydrogens is 314 g/mol. The molecular formula is C10H11BrClNO2S. The van der Waals surface area contributed by atoms with Crippen molar-refractivity contribution >= 4 is 43.2 Å². The first-order valence-electron chi connectivity index (χ1n) is 4.92. The van der Waals surface area contributed by atoms with Crippen LogP contribution in [-0.2, 0) is 10.0 Å². The quantitative estimate of drug-likeness (QED) is 0.924. The molecule has 1 aromatic carbocycles. The van der Waals surface area contributed by atoms with Crippen molar-refractivity contribution in [2.24, 2.45) is 5.92 Å². The maximum absolute atomic E-state index is 11.7. The lowest BCUT2D eigenvalue weighted by molar-refractivity contribution is 0.597. The third kappa shape index (κ3) is 3.37. The smallest absolute Gasteiger partial charge is 0.233 e. The molecule has 0 heterocycles. The van der Waals surface area contributed by atoms with E-state index in [0.29, 0.717) is 16.6 Å². The summed E-state index contributed by atoms with van der Waals surface area (Å²) >= 11 is 9.18. The van der Waals surface area contributed by atoms with E-state index in [2.05, 4.69) is 20.7 Å². The number of benzene rings is 1. The van der Waals surface area contributed by atoms with Crippen molar-refractivity contribution in [1.29, 1.82) is 0 Å². The average molecular weight is 325 g/mol. The summed E-state index contributed by atoms with van der Waals surface area (Å²) in [6.07, 6.45) is 2.01. The summed E-state index contributed by atoms with van der Waals surface area (Å²) in [5, 5.41) is 0.405. The van der Waals surface area contributed by atoms with Crippen LogP contribution in [0.2, 0.25) is 5.02 Å². The van der Waals surface area contributed by atoms with Crippen molar-refractivity contribution < 1.29 is 8.42 Å². The van der Waals surface area contributed by atoms with Gasteiger partial charge < -0.3 is 0 Å². The Balaban J connectivity index is 2.15. The number of halogens is 2. The third-order valence-electron chi connectivity index (χ3n) is 2.35. The van der Waals surface area contributed by atoms with Crippen LogP contribution in [0.25, 0.3) is 0 Å². The van der Waals surface area contributed by atoms with Gasteiger partial charge in [-0.3, -0.25) is 4.72 Å². The van der Waals surface area contributed by atoms with Crippen LogP contribution in [-0.4, -0.2) is 14.2 Å². The van der Waals surface area contributed by atoms with E-state index in [1.807, 2.05) is 0 Å². The standard InChI is InChI=1S/C10H11BrClNO2S/c11-8-3-4-9(12)10(5-8)13-16(14,15)6-7-1-2-7/h3-5,7,13H,1-2,6H2. The minimum Gasteiger partial charge on any atom is -0.282 e. The zero-order valence-corrected chi connectivity index (χ0v) is 11.6. The van der Waals surface area contributed by atoms with Gasteiger partial charge in [0.15, 0.2) is 0 Å². The molecule has 0 aliphatic heterocycles. The number of rotatable bonds is 4. The second-order valence-electron chi connectivity index (χ2n) is 3.95. The van der Waals surface area contributed by atoms with Crippen LogP contribution in [0.5, 0.6) is 0 Å². The van der Waals surface area contributed by atoms with Gasteiger partial charge in [-0.25, -0.2) is 8.42 Å². The minimum absolute atomic E-state index is 0.190. The first kappa shape index (κ1) is 12.2. The van der Waals surface area contributed by atoms with E-state index in [0.717, 1.165) is 17.3 Å². The minimum atomic E-state index is -3.27. The van der Waals surface area contributed by atoms with Crippen LogP contribution in [0.1, 0.15) is 12.8 Å². The van der Waals surface area contributed by atoms with Crippen molar-refractivity contribution in [2.45, 2.75) is 12.8 Å². The molecule has 0 radical (unpaired) electrons. The molecule has 88 valence electrons. The summed E-state index contributed by atoms with van der Waals surface area (Å²) in [5.41, 5.74) is 0.427. The molecule has 1 saturated carbocycles. The highest BCUT2D eigenvalue weighted by molar-refractivity contribution is 9.10. The van der Waals surface area contributed by atoms with Crippen molar-refractivity contribution in [2.75, 3.05) is 10.5 Å². The summed E-state index contributed by atoms with van der Waals surface area (Å²) in [5.74, 6) is 0.513. The van der Waals surface area contributed by atoms with E-state index in [9.17, 15) is 8.42 Å². The molecule has 16 heavy (non-hydrogen) atoms. The van der Waals surface area contributed by atoms with Gasteiger partial charge in [0.2, 0.25) is 10.0 Å². The molecule has 1 aromatic rings. The molecule has 0 bridgehead atoms. The Kier molecular flexibility index (Phi) is 3.47. The van der Waals surface area contributed by atoms with Gasteiger partial charge in [-0.05, 0) is 37.0 Å². The zero-order chi connectivity index (χ0) is 11.8. The predicted molar refractivity (Wildman–Crippen MR) is 69.3 cm³/mol. The lowest BCUT2D eigenvalue weighted by Gasteiger charge is -2.09. The predicted octanol–water partition coefficient (Wildman–Crippen LogP) is 3.25. The first-order chi connectivity index (χ1) is 7.46. The van der Waals surface area contributed by atoms with E-state index in [4.69, 9.17) is 11.6 Å². The summed E-state index contributed by atoms with van der Waals surface area (Å²) in [7, 11) is -3.27. The van der Waals surface area contributed by atoms with E-state index in [-0.39, 0.29) is 5.75 Å². The second kappa shape index (κ2) is 4.55. The van der Waals surface area contributed by atoms with Crippen LogP contribution in [0, 0.1) is 5.92 Å². The highest BCUT2D eigenvalue weighted by Crippen LogP contribution is 2.32. The van der Waals surface area contributed by atoms with Crippen LogP contribution in [0.15, 0.2) is 22.7 Å². The lowest BCUT2D eigenvalue weighted by atomic mass is 10.3. The second-order valence-corrected chi connectivity index (χ2v) is 7.04. The van der Waals surface area contributed by atoms with Crippen molar-refractivity contribution in [1.82, 2.24) is 0 Å². The Hall–Kier alpha value is -0.260. The van der Waals surface area contributed by atoms with Crippen LogP contribution < -0.4 is 4.72 Å². The van der Waals surface area contributed by atoms with Gasteiger partial charge in [0, 0.05) is 4.47 Å². The Morgan fingerprint density at radius 1 is 1.44 bits per heavy atom. The molecule has 0 spiro atoms. The third-order valence-corrected chi connectivity index (χ3v) is 4.61. The van der Waals surface area contributed by atoms with Gasteiger partial charge in [-0.1, -0.05) is 27.5 Å². The van der Waals surface area contributed by atoms with Gasteiger partial charge >= 0.3 is 0 Å². The highest BCUT2D eigenvalue weighted by atomic mass is 79.9. The number of sulfonamides is 1. The van der Waals surface area contributed by atoms with Crippen LogP contribution in [0.3, 0.4) is 0 Å². The van der Waals surface area contributed by atoms with E-state index < -0.39 is 10.0 Å². The van der Waals surface area contributed by atoms with E-state index in [1.54, 1.807) is 18.2 Å². The molecule has 1 N–H and O–H groups in total. The SMILES string of the molecule is O=S(=O)(CC1CC1)Nc1cc(Br)ccc1Cl. The molecule has 0 amide bonds. The van der Waals surface area contributed by atoms with E-state index in [1.165, 1.54) is 0 Å². The van der Waals surface area contributed by atoms with Crippen LogP contribution >= 0.6 is 27.5 Å². The number of hydrogen-bond donors (Lipinski definition) is 1. The molecule has 1 aliphatic carbocycles.